The fourth-order valence-electron chi connectivity index (χ4n) is 3.59. The van der Waals surface area contributed by atoms with Gasteiger partial charge in [0.2, 0.25) is 0 Å². The smallest absolute Gasteiger partial charge is 0.260 e. The second kappa shape index (κ2) is 7.29. The molecular weight excluding hydrogens is 350 g/mol. The molecule has 1 unspecified atom stereocenters. The Morgan fingerprint density at radius 1 is 1.04 bits per heavy atom. The molecular formula is C23H21N3O2. The molecule has 1 atom stereocenters. The molecule has 0 fully saturated rings. The number of hydrogen-bond acceptors (Lipinski definition) is 3. The zero-order chi connectivity index (χ0) is 19.7. The summed E-state index contributed by atoms with van der Waals surface area (Å²) >= 11 is 0. The number of anilines is 1. The van der Waals surface area contributed by atoms with E-state index in [0.717, 1.165) is 22.4 Å². The van der Waals surface area contributed by atoms with Crippen LogP contribution in [0, 0.1) is 5.41 Å². The molecule has 0 bridgehead atoms. The monoisotopic (exact) mass is 371 g/mol. The lowest BCUT2D eigenvalue weighted by molar-refractivity contribution is 0.0706. The second-order valence-electron chi connectivity index (χ2n) is 6.77. The predicted octanol–water partition coefficient (Wildman–Crippen LogP) is 3.81. The van der Waals surface area contributed by atoms with Crippen molar-refractivity contribution in [3.8, 4) is 11.1 Å². The van der Waals surface area contributed by atoms with Crippen LogP contribution in [0.3, 0.4) is 0 Å². The largest absolute Gasteiger partial charge is 0.384 e. The second-order valence-corrected chi connectivity index (χ2v) is 6.77. The van der Waals surface area contributed by atoms with Gasteiger partial charge in [0.15, 0.2) is 0 Å². The third-order valence-corrected chi connectivity index (χ3v) is 5.07. The highest BCUT2D eigenvalue weighted by Gasteiger charge is 2.33. The van der Waals surface area contributed by atoms with Gasteiger partial charge < -0.3 is 10.5 Å². The highest BCUT2D eigenvalue weighted by atomic mass is 16.5. The van der Waals surface area contributed by atoms with E-state index in [9.17, 15) is 4.79 Å². The standard InChI is InChI=1S/C23H21N3O2/c1-28-21-14-18-13-17(15-7-9-16(10-8-15)22(24)25)11-12-20(18)23(27)26(21)19-5-3-2-4-6-19/h2-13,21H,14H2,1H3,(H3,24,25). The number of amides is 1. The van der Waals surface area contributed by atoms with Gasteiger partial charge in [-0.1, -0.05) is 54.6 Å². The maximum atomic E-state index is 13.2. The van der Waals surface area contributed by atoms with E-state index in [1.807, 2.05) is 72.8 Å². The first-order valence-electron chi connectivity index (χ1n) is 9.07. The molecule has 1 aliphatic heterocycles. The number of nitrogens with one attached hydrogen (secondary N) is 1. The van der Waals surface area contributed by atoms with E-state index in [2.05, 4.69) is 0 Å². The van der Waals surface area contributed by atoms with Crippen LogP contribution in [0.5, 0.6) is 0 Å². The number of rotatable bonds is 4. The topological polar surface area (TPSA) is 79.4 Å². The van der Waals surface area contributed by atoms with Gasteiger partial charge in [0.1, 0.15) is 12.1 Å². The van der Waals surface area contributed by atoms with Crippen LogP contribution in [0.15, 0.2) is 72.8 Å². The van der Waals surface area contributed by atoms with Crippen LogP contribution in [0.2, 0.25) is 0 Å². The highest BCUT2D eigenvalue weighted by Crippen LogP contribution is 2.32. The van der Waals surface area contributed by atoms with Gasteiger partial charge in [-0.3, -0.25) is 15.1 Å². The molecule has 0 aliphatic carbocycles. The van der Waals surface area contributed by atoms with Crippen LogP contribution >= 0.6 is 0 Å². The number of benzene rings is 3. The number of nitrogens with two attached hydrogens (primary N) is 1. The summed E-state index contributed by atoms with van der Waals surface area (Å²) in [5, 5.41) is 7.51. The number of ether oxygens (including phenoxy) is 1. The van der Waals surface area contributed by atoms with Crippen molar-refractivity contribution in [2.75, 3.05) is 12.0 Å². The Bertz CT molecular complexity index is 1030. The Balaban J connectivity index is 1.70. The SMILES string of the molecule is COC1Cc2cc(-c3ccc(C(=N)N)cc3)ccc2C(=O)N1c1ccccc1. The number of carbonyl (C=O) groups excluding carboxylic acids is 1. The number of methoxy groups -OCH3 is 1. The molecule has 5 nitrogen and oxygen atoms in total. The lowest BCUT2D eigenvalue weighted by Crippen LogP contribution is -2.47. The third-order valence-electron chi connectivity index (χ3n) is 5.07. The number of amidine groups is 1. The van der Waals surface area contributed by atoms with Gasteiger partial charge in [-0.05, 0) is 34.9 Å². The Labute approximate surface area is 163 Å². The van der Waals surface area contributed by atoms with Crippen molar-refractivity contribution in [2.24, 2.45) is 5.73 Å². The average Bonchev–Trinajstić information content (AvgIpc) is 2.74. The Morgan fingerprint density at radius 2 is 1.71 bits per heavy atom. The van der Waals surface area contributed by atoms with E-state index >= 15 is 0 Å². The van der Waals surface area contributed by atoms with Crippen molar-refractivity contribution in [3.05, 3.63) is 89.5 Å². The number of nitrogen functional groups attached to an aromatic ring is 1. The van der Waals surface area contributed by atoms with Crippen molar-refractivity contribution >= 4 is 17.4 Å². The summed E-state index contributed by atoms with van der Waals surface area (Å²) in [5.74, 6) is -0.00990. The number of para-hydroxylation sites is 1. The van der Waals surface area contributed by atoms with E-state index in [4.69, 9.17) is 15.9 Å². The van der Waals surface area contributed by atoms with E-state index in [1.54, 1.807) is 12.0 Å². The van der Waals surface area contributed by atoms with Crippen molar-refractivity contribution in [1.29, 1.82) is 5.41 Å². The molecule has 3 aromatic carbocycles. The fraction of sp³-hybridized carbons (Fsp3) is 0.130. The van der Waals surface area contributed by atoms with E-state index in [-0.39, 0.29) is 18.0 Å². The minimum Gasteiger partial charge on any atom is -0.384 e. The van der Waals surface area contributed by atoms with E-state index in [1.165, 1.54) is 0 Å². The molecule has 140 valence electrons. The van der Waals surface area contributed by atoms with Gasteiger partial charge in [0.05, 0.1) is 0 Å². The molecule has 1 aliphatic rings. The summed E-state index contributed by atoms with van der Waals surface area (Å²) in [4.78, 5) is 14.9. The number of fused-ring (bicyclic) bond motifs is 1. The average molecular weight is 371 g/mol. The van der Waals surface area contributed by atoms with Crippen LogP contribution in [-0.2, 0) is 11.2 Å². The third kappa shape index (κ3) is 3.17. The fourth-order valence-corrected chi connectivity index (χ4v) is 3.59. The molecule has 3 N–H and O–H groups in total. The summed E-state index contributed by atoms with van der Waals surface area (Å²) in [6.07, 6.45) is 0.268. The zero-order valence-corrected chi connectivity index (χ0v) is 15.6. The van der Waals surface area contributed by atoms with Crippen LogP contribution < -0.4 is 10.6 Å². The van der Waals surface area contributed by atoms with Crippen molar-refractivity contribution < 1.29 is 9.53 Å². The molecule has 0 saturated heterocycles. The van der Waals surface area contributed by atoms with Crippen molar-refractivity contribution in [2.45, 2.75) is 12.6 Å². The van der Waals surface area contributed by atoms with Crippen molar-refractivity contribution in [1.82, 2.24) is 0 Å². The minimum absolute atomic E-state index is 0.0477. The molecule has 1 amide bonds. The minimum atomic E-state index is -0.349. The predicted molar refractivity (Wildman–Crippen MR) is 111 cm³/mol. The molecule has 0 saturated carbocycles. The van der Waals surface area contributed by atoms with Gasteiger partial charge >= 0.3 is 0 Å². The molecule has 1 heterocycles. The molecule has 5 heteroatoms. The molecule has 3 aromatic rings. The molecule has 28 heavy (non-hydrogen) atoms. The van der Waals surface area contributed by atoms with Crippen LogP contribution in [0.1, 0.15) is 21.5 Å². The van der Waals surface area contributed by atoms with E-state index < -0.39 is 0 Å². The van der Waals surface area contributed by atoms with Gasteiger partial charge in [-0.25, -0.2) is 0 Å². The van der Waals surface area contributed by atoms with Gasteiger partial charge in [0, 0.05) is 30.3 Å². The number of carbonyl (C=O) groups is 1. The van der Waals surface area contributed by atoms with Crippen LogP contribution in [0.4, 0.5) is 5.69 Å². The van der Waals surface area contributed by atoms with E-state index in [0.29, 0.717) is 17.5 Å². The summed E-state index contributed by atoms with van der Waals surface area (Å²) in [5.41, 5.74) is 10.7. The van der Waals surface area contributed by atoms with Crippen molar-refractivity contribution in [3.63, 3.8) is 0 Å². The number of nitrogens with zero attached hydrogens (tertiary/aromatic N) is 1. The molecule has 0 spiro atoms. The maximum absolute atomic E-state index is 13.2. The first kappa shape index (κ1) is 17.9. The Hall–Kier alpha value is -3.44. The zero-order valence-electron chi connectivity index (χ0n) is 15.6. The number of hydrogen-bond donors (Lipinski definition) is 2. The summed E-state index contributed by atoms with van der Waals surface area (Å²) < 4.78 is 5.64. The van der Waals surface area contributed by atoms with Gasteiger partial charge in [-0.2, -0.15) is 0 Å². The molecule has 4 rings (SSSR count). The summed E-state index contributed by atoms with van der Waals surface area (Å²) in [6, 6.07) is 23.0. The quantitative estimate of drug-likeness (QED) is 0.541. The lowest BCUT2D eigenvalue weighted by atomic mass is 9.92. The van der Waals surface area contributed by atoms with Crippen LogP contribution in [0.25, 0.3) is 11.1 Å². The molecule has 0 radical (unpaired) electrons. The first-order chi connectivity index (χ1) is 13.6. The Morgan fingerprint density at radius 3 is 2.36 bits per heavy atom. The van der Waals surface area contributed by atoms with Gasteiger partial charge in [0.25, 0.3) is 5.91 Å². The van der Waals surface area contributed by atoms with Gasteiger partial charge in [-0.15, -0.1) is 0 Å². The van der Waals surface area contributed by atoms with Crippen LogP contribution in [-0.4, -0.2) is 25.1 Å². The molecule has 0 aromatic heterocycles. The Kier molecular flexibility index (Phi) is 4.67. The maximum Gasteiger partial charge on any atom is 0.260 e. The summed E-state index contributed by atoms with van der Waals surface area (Å²) in [7, 11) is 1.63. The summed E-state index contributed by atoms with van der Waals surface area (Å²) in [6.45, 7) is 0. The normalized spacial score (nSPS) is 16.0. The highest BCUT2D eigenvalue weighted by molar-refractivity contribution is 6.08. The lowest BCUT2D eigenvalue weighted by Gasteiger charge is -2.35. The first-order valence-corrected chi connectivity index (χ1v) is 9.07.